The first-order chi connectivity index (χ1) is 17.5. The molecule has 1 unspecified atom stereocenters. The highest BCUT2D eigenvalue weighted by molar-refractivity contribution is 5.88. The topological polar surface area (TPSA) is 98.3 Å². The van der Waals surface area contributed by atoms with Gasteiger partial charge in [-0.25, -0.2) is 14.6 Å². The molecule has 0 aliphatic carbocycles. The van der Waals surface area contributed by atoms with E-state index in [9.17, 15) is 0 Å². The summed E-state index contributed by atoms with van der Waals surface area (Å²) < 4.78 is 6.22. The molecule has 5 aromatic heterocycles. The zero-order chi connectivity index (χ0) is 24.8. The number of aromatic nitrogens is 7. The molecule has 10 heteroatoms. The van der Waals surface area contributed by atoms with Gasteiger partial charge in [-0.2, -0.15) is 10.2 Å². The lowest BCUT2D eigenvalue weighted by atomic mass is 10.1. The average molecular weight is 485 g/mol. The number of nitrogens with two attached hydrogens (primary N) is 1. The fraction of sp³-hybridized carbons (Fsp3) is 0.385. The lowest BCUT2D eigenvalue weighted by Gasteiger charge is -2.32. The predicted octanol–water partition coefficient (Wildman–Crippen LogP) is 2.69. The minimum absolute atomic E-state index is 0.0825. The maximum absolute atomic E-state index is 6.16. The van der Waals surface area contributed by atoms with Crippen molar-refractivity contribution in [1.82, 2.24) is 43.7 Å². The van der Waals surface area contributed by atoms with Crippen LogP contribution in [0.15, 0.2) is 49.1 Å². The van der Waals surface area contributed by atoms with Crippen LogP contribution < -0.4 is 5.73 Å². The summed E-state index contributed by atoms with van der Waals surface area (Å²) in [6.07, 6.45) is 5.68. The monoisotopic (exact) mass is 484 g/mol. The van der Waals surface area contributed by atoms with Crippen molar-refractivity contribution in [1.29, 1.82) is 0 Å². The number of likely N-dealkylation sites (N-methyl/N-ethyl adjacent to an activating group) is 1. The molecular weight excluding hydrogens is 452 g/mol. The highest BCUT2D eigenvalue weighted by Crippen LogP contribution is 2.34. The molecule has 1 saturated heterocycles. The molecule has 1 aliphatic heterocycles. The average Bonchev–Trinajstić information content (AvgIpc) is 3.59. The molecule has 1 aliphatic rings. The molecule has 36 heavy (non-hydrogen) atoms. The summed E-state index contributed by atoms with van der Waals surface area (Å²) in [5.74, 6) is 0.456. The third-order valence-corrected chi connectivity index (χ3v) is 7.34. The summed E-state index contributed by atoms with van der Waals surface area (Å²) in [6, 6.07) is 10.5. The van der Waals surface area contributed by atoms with Gasteiger partial charge in [0, 0.05) is 56.2 Å². The van der Waals surface area contributed by atoms with Crippen LogP contribution in [0.4, 0.5) is 5.82 Å². The van der Waals surface area contributed by atoms with Crippen LogP contribution in [0.2, 0.25) is 0 Å². The molecule has 0 amide bonds. The van der Waals surface area contributed by atoms with Gasteiger partial charge in [-0.15, -0.1) is 0 Å². The number of rotatable bonds is 6. The minimum Gasteiger partial charge on any atom is -0.383 e. The van der Waals surface area contributed by atoms with Gasteiger partial charge < -0.3 is 15.0 Å². The summed E-state index contributed by atoms with van der Waals surface area (Å²) in [6.45, 7) is 10.4. The number of aryl methyl sites for hydroxylation is 1. The van der Waals surface area contributed by atoms with E-state index >= 15 is 0 Å². The fourth-order valence-corrected chi connectivity index (χ4v) is 5.23. The number of hydrogen-bond acceptors (Lipinski definition) is 7. The molecule has 6 rings (SSSR count). The van der Waals surface area contributed by atoms with Gasteiger partial charge in [0.2, 0.25) is 0 Å². The number of fused-ring (bicyclic) bond motifs is 2. The van der Waals surface area contributed by atoms with Crippen LogP contribution in [-0.2, 0) is 6.54 Å². The van der Waals surface area contributed by atoms with Crippen molar-refractivity contribution in [3.8, 4) is 11.4 Å². The number of hydrogen-bond donors (Lipinski definition) is 1. The Morgan fingerprint density at radius 2 is 1.83 bits per heavy atom. The Hall–Kier alpha value is -3.76. The number of pyridine rings is 1. The van der Waals surface area contributed by atoms with Crippen LogP contribution in [0.1, 0.15) is 24.2 Å². The third kappa shape index (κ3) is 3.92. The standard InChI is InChI=1S/C26H32N10/c1-18-23-25(27)28-17-29-26(23)36(30-18)19(2)21-16-20-6-4-5-8-35(20)24(21)22-7-9-34(31-22)15-14-33-12-10-32(3)11-13-33/h4-9,16-17,19H,10-15H2,1-3H3,(H2,27,28,29). The minimum atomic E-state index is -0.0825. The maximum Gasteiger partial charge on any atom is 0.164 e. The molecule has 186 valence electrons. The molecule has 0 radical (unpaired) electrons. The lowest BCUT2D eigenvalue weighted by Crippen LogP contribution is -2.45. The molecule has 10 nitrogen and oxygen atoms in total. The fourth-order valence-electron chi connectivity index (χ4n) is 5.23. The van der Waals surface area contributed by atoms with Gasteiger partial charge in [0.1, 0.15) is 17.8 Å². The number of piperazine rings is 1. The Bertz CT molecular complexity index is 1520. The number of anilines is 1. The summed E-state index contributed by atoms with van der Waals surface area (Å²) in [5.41, 5.74) is 12.0. The van der Waals surface area contributed by atoms with Gasteiger partial charge in [0.15, 0.2) is 5.65 Å². The summed E-state index contributed by atoms with van der Waals surface area (Å²) in [4.78, 5) is 13.6. The molecule has 0 bridgehead atoms. The second-order valence-electron chi connectivity index (χ2n) is 9.72. The normalized spacial score (nSPS) is 16.3. The number of nitrogen functional groups attached to an aromatic ring is 1. The predicted molar refractivity (Wildman–Crippen MR) is 141 cm³/mol. The molecule has 1 atom stereocenters. The second kappa shape index (κ2) is 9.03. The van der Waals surface area contributed by atoms with Gasteiger partial charge in [0.25, 0.3) is 0 Å². The second-order valence-corrected chi connectivity index (χ2v) is 9.72. The molecule has 0 aromatic carbocycles. The molecule has 6 heterocycles. The van der Waals surface area contributed by atoms with E-state index in [0.29, 0.717) is 5.82 Å². The zero-order valence-corrected chi connectivity index (χ0v) is 21.0. The van der Waals surface area contributed by atoms with E-state index in [2.05, 4.69) is 85.5 Å². The zero-order valence-electron chi connectivity index (χ0n) is 21.0. The first-order valence-corrected chi connectivity index (χ1v) is 12.5. The smallest absolute Gasteiger partial charge is 0.164 e. The van der Waals surface area contributed by atoms with Crippen molar-refractivity contribution in [2.24, 2.45) is 0 Å². The van der Waals surface area contributed by atoms with Crippen LogP contribution in [0.3, 0.4) is 0 Å². The lowest BCUT2D eigenvalue weighted by molar-refractivity contribution is 0.149. The first kappa shape index (κ1) is 22.7. The van der Waals surface area contributed by atoms with Gasteiger partial charge in [0.05, 0.1) is 29.4 Å². The van der Waals surface area contributed by atoms with Crippen LogP contribution >= 0.6 is 0 Å². The van der Waals surface area contributed by atoms with E-state index < -0.39 is 0 Å². The maximum atomic E-state index is 6.16. The van der Waals surface area contributed by atoms with E-state index in [1.807, 2.05) is 11.6 Å². The van der Waals surface area contributed by atoms with Gasteiger partial charge in [-0.05, 0) is 45.2 Å². The van der Waals surface area contributed by atoms with Crippen LogP contribution in [0.25, 0.3) is 27.9 Å². The van der Waals surface area contributed by atoms with E-state index in [0.717, 1.165) is 78.5 Å². The van der Waals surface area contributed by atoms with Crippen molar-refractivity contribution in [2.45, 2.75) is 26.4 Å². The third-order valence-electron chi connectivity index (χ3n) is 7.34. The quantitative estimate of drug-likeness (QED) is 0.396. The van der Waals surface area contributed by atoms with Crippen molar-refractivity contribution in [2.75, 3.05) is 45.5 Å². The van der Waals surface area contributed by atoms with E-state index in [4.69, 9.17) is 15.9 Å². The van der Waals surface area contributed by atoms with E-state index in [1.165, 1.54) is 6.33 Å². The first-order valence-electron chi connectivity index (χ1n) is 12.5. The van der Waals surface area contributed by atoms with Gasteiger partial charge in [-0.1, -0.05) is 6.07 Å². The van der Waals surface area contributed by atoms with Crippen molar-refractivity contribution < 1.29 is 0 Å². The SMILES string of the molecule is Cc1nn(C(C)c2cc3ccccn3c2-c2ccn(CCN3CCN(C)CC3)n2)c2ncnc(N)c12. The van der Waals surface area contributed by atoms with Gasteiger partial charge >= 0.3 is 0 Å². The largest absolute Gasteiger partial charge is 0.383 e. The van der Waals surface area contributed by atoms with Crippen molar-refractivity contribution >= 4 is 22.4 Å². The Morgan fingerprint density at radius 1 is 1.00 bits per heavy atom. The van der Waals surface area contributed by atoms with Crippen LogP contribution in [-0.4, -0.2) is 83.5 Å². The van der Waals surface area contributed by atoms with Crippen LogP contribution in [0, 0.1) is 6.92 Å². The Morgan fingerprint density at radius 3 is 2.67 bits per heavy atom. The van der Waals surface area contributed by atoms with E-state index in [1.54, 1.807) is 0 Å². The summed E-state index contributed by atoms with van der Waals surface area (Å²) in [5, 5.41) is 10.6. The van der Waals surface area contributed by atoms with E-state index in [-0.39, 0.29) is 6.04 Å². The molecule has 2 N–H and O–H groups in total. The molecular formula is C26H32N10. The molecule has 0 saturated carbocycles. The van der Waals surface area contributed by atoms with Crippen molar-refractivity contribution in [3.63, 3.8) is 0 Å². The molecule has 0 spiro atoms. The molecule has 5 aromatic rings. The number of nitrogens with zero attached hydrogens (tertiary/aromatic N) is 9. The Labute approximate surface area is 210 Å². The highest BCUT2D eigenvalue weighted by Gasteiger charge is 2.24. The Kier molecular flexibility index (Phi) is 5.69. The van der Waals surface area contributed by atoms with Gasteiger partial charge in [-0.3, -0.25) is 9.58 Å². The van der Waals surface area contributed by atoms with Crippen molar-refractivity contribution in [3.05, 3.63) is 60.3 Å². The molecule has 1 fully saturated rings. The summed E-state index contributed by atoms with van der Waals surface area (Å²) >= 11 is 0. The Balaban J connectivity index is 1.36. The summed E-state index contributed by atoms with van der Waals surface area (Å²) in [7, 11) is 2.19. The highest BCUT2D eigenvalue weighted by atomic mass is 15.3. The van der Waals surface area contributed by atoms with Crippen LogP contribution in [0.5, 0.6) is 0 Å².